The Balaban J connectivity index is 1.83. The molecular formula is C15H8F4N4O5S. The van der Waals surface area contributed by atoms with Crippen molar-refractivity contribution in [2.75, 3.05) is 0 Å². The number of benzene rings is 1. The molecule has 0 fully saturated rings. The molecule has 0 spiro atoms. The van der Waals surface area contributed by atoms with Gasteiger partial charge in [-0.2, -0.15) is 31.0 Å². The Bertz CT molecular complexity index is 1200. The van der Waals surface area contributed by atoms with E-state index >= 15 is 0 Å². The van der Waals surface area contributed by atoms with Crippen molar-refractivity contribution in [3.8, 4) is 23.3 Å². The maximum Gasteiger partial charge on any atom is 0.507 e. The molecule has 0 saturated carbocycles. The molecule has 0 aliphatic carbocycles. The van der Waals surface area contributed by atoms with Crippen LogP contribution >= 0.6 is 0 Å². The van der Waals surface area contributed by atoms with Crippen LogP contribution in [0.1, 0.15) is 17.3 Å². The summed E-state index contributed by atoms with van der Waals surface area (Å²) in [6.45, 7) is 3.01. The van der Waals surface area contributed by atoms with Gasteiger partial charge in [0.2, 0.25) is 11.6 Å². The predicted molar refractivity (Wildman–Crippen MR) is 85.7 cm³/mol. The van der Waals surface area contributed by atoms with Crippen LogP contribution in [0.15, 0.2) is 16.7 Å². The van der Waals surface area contributed by atoms with Crippen LogP contribution in [-0.4, -0.2) is 30.5 Å². The fourth-order valence-corrected chi connectivity index (χ4v) is 3.53. The first-order valence-corrected chi connectivity index (χ1v) is 8.71. The van der Waals surface area contributed by atoms with E-state index in [0.29, 0.717) is 0 Å². The standard InChI is InChI=1S/C15H8F4N4O5S/c1-6-13(7(2)27-22-6)28-29(24)23-9-4-11-10(3-8(9)21-12(23)5-20)25-14(16,17)15(18,19)26-11/h3-4H,1-2H3. The maximum atomic E-state index is 13.5. The second kappa shape index (κ2) is 6.08. The van der Waals surface area contributed by atoms with Gasteiger partial charge >= 0.3 is 23.5 Å². The van der Waals surface area contributed by atoms with Crippen molar-refractivity contribution in [1.29, 1.82) is 5.26 Å². The third kappa shape index (κ3) is 2.85. The summed E-state index contributed by atoms with van der Waals surface area (Å²) in [7, 11) is 0. The summed E-state index contributed by atoms with van der Waals surface area (Å²) in [6, 6.07) is 3.36. The van der Waals surface area contributed by atoms with E-state index in [9.17, 15) is 27.0 Å². The molecule has 1 atom stereocenters. The number of fused-ring (bicyclic) bond motifs is 2. The lowest BCUT2D eigenvalue weighted by molar-refractivity contribution is -0.391. The number of alkyl halides is 4. The number of aryl methyl sites for hydroxylation is 2. The monoisotopic (exact) mass is 432 g/mol. The summed E-state index contributed by atoms with van der Waals surface area (Å²) < 4.78 is 85.4. The zero-order chi connectivity index (χ0) is 21.1. The molecule has 0 bridgehead atoms. The second-order valence-electron chi connectivity index (χ2n) is 5.82. The van der Waals surface area contributed by atoms with E-state index in [1.807, 2.05) is 0 Å². The van der Waals surface area contributed by atoms with Crippen LogP contribution in [0.25, 0.3) is 11.0 Å². The number of halogens is 4. The Labute approximate surface area is 161 Å². The van der Waals surface area contributed by atoms with Gasteiger partial charge in [-0.3, -0.25) is 0 Å². The molecule has 2 aromatic heterocycles. The molecule has 1 aromatic carbocycles. The topological polar surface area (TPSA) is 112 Å². The fourth-order valence-electron chi connectivity index (χ4n) is 2.54. The smallest absolute Gasteiger partial charge is 0.421 e. The van der Waals surface area contributed by atoms with Crippen LogP contribution in [0.3, 0.4) is 0 Å². The number of aromatic nitrogens is 3. The van der Waals surface area contributed by atoms with Gasteiger partial charge in [0.05, 0.1) is 11.0 Å². The minimum absolute atomic E-state index is 0.0396. The number of nitrogens with zero attached hydrogens (tertiary/aromatic N) is 4. The average Bonchev–Trinajstić information content (AvgIpc) is 3.14. The molecule has 1 unspecified atom stereocenters. The lowest BCUT2D eigenvalue weighted by Gasteiger charge is -2.31. The van der Waals surface area contributed by atoms with Crippen molar-refractivity contribution in [3.63, 3.8) is 0 Å². The first-order chi connectivity index (χ1) is 13.5. The van der Waals surface area contributed by atoms with Crippen LogP contribution in [0, 0.1) is 25.2 Å². The third-order valence-corrected chi connectivity index (χ3v) is 4.84. The molecule has 3 heterocycles. The van der Waals surface area contributed by atoms with Crippen molar-refractivity contribution in [1.82, 2.24) is 14.1 Å². The van der Waals surface area contributed by atoms with Crippen LogP contribution in [0.5, 0.6) is 17.2 Å². The fraction of sp³-hybridized carbons (Fsp3) is 0.267. The van der Waals surface area contributed by atoms with Gasteiger partial charge in [0.1, 0.15) is 11.8 Å². The highest BCUT2D eigenvalue weighted by Gasteiger charge is 2.66. The summed E-state index contributed by atoms with van der Waals surface area (Å²) in [5.41, 5.74) is -0.0228. The zero-order valence-corrected chi connectivity index (χ0v) is 15.2. The van der Waals surface area contributed by atoms with Crippen LogP contribution < -0.4 is 13.7 Å². The van der Waals surface area contributed by atoms with E-state index < -0.39 is 40.8 Å². The Hall–Kier alpha value is -3.34. The highest BCUT2D eigenvalue weighted by molar-refractivity contribution is 7.79. The molecular weight excluding hydrogens is 424 g/mol. The van der Waals surface area contributed by atoms with Crippen molar-refractivity contribution in [3.05, 3.63) is 29.4 Å². The Morgan fingerprint density at radius 2 is 1.79 bits per heavy atom. The van der Waals surface area contributed by atoms with E-state index in [-0.39, 0.29) is 28.2 Å². The quantitative estimate of drug-likeness (QED) is 0.581. The molecule has 9 nitrogen and oxygen atoms in total. The molecule has 0 amide bonds. The van der Waals surface area contributed by atoms with Crippen molar-refractivity contribution in [2.45, 2.75) is 26.1 Å². The Morgan fingerprint density at radius 3 is 2.34 bits per heavy atom. The summed E-state index contributed by atoms with van der Waals surface area (Å²) >= 11 is -2.42. The molecule has 0 N–H and O–H groups in total. The zero-order valence-electron chi connectivity index (χ0n) is 14.4. The largest absolute Gasteiger partial charge is 0.507 e. The van der Waals surface area contributed by atoms with Crippen LogP contribution in [-0.2, 0) is 11.3 Å². The molecule has 0 radical (unpaired) electrons. The molecule has 152 valence electrons. The minimum atomic E-state index is -4.94. The number of imidazole rings is 1. The lowest BCUT2D eigenvalue weighted by Crippen LogP contribution is -2.52. The number of nitriles is 1. The van der Waals surface area contributed by atoms with E-state index in [4.69, 9.17) is 8.71 Å². The van der Waals surface area contributed by atoms with Gasteiger partial charge in [-0.1, -0.05) is 5.16 Å². The molecule has 29 heavy (non-hydrogen) atoms. The van der Waals surface area contributed by atoms with Gasteiger partial charge < -0.3 is 18.2 Å². The van der Waals surface area contributed by atoms with Crippen LogP contribution in [0.2, 0.25) is 0 Å². The first kappa shape index (κ1) is 19.0. The van der Waals surface area contributed by atoms with Gasteiger partial charge in [0.25, 0.3) is 0 Å². The first-order valence-electron chi connectivity index (χ1n) is 7.68. The second-order valence-corrected chi connectivity index (χ2v) is 6.79. The summed E-state index contributed by atoms with van der Waals surface area (Å²) in [6.07, 6.45) is -9.85. The van der Waals surface area contributed by atoms with Gasteiger partial charge in [-0.25, -0.2) is 4.98 Å². The SMILES string of the molecule is Cc1noc(C)c1OS(=O)n1c(C#N)nc2cc3c(cc21)OC(F)(F)C(F)(F)O3. The Morgan fingerprint density at radius 1 is 1.17 bits per heavy atom. The van der Waals surface area contributed by atoms with Gasteiger partial charge in [-0.05, 0) is 6.92 Å². The molecule has 4 rings (SSSR count). The van der Waals surface area contributed by atoms with Gasteiger partial charge in [-0.15, -0.1) is 0 Å². The predicted octanol–water partition coefficient (Wildman–Crippen LogP) is 2.98. The lowest BCUT2D eigenvalue weighted by atomic mass is 10.2. The third-order valence-electron chi connectivity index (χ3n) is 3.87. The molecule has 0 saturated heterocycles. The van der Waals surface area contributed by atoms with Crippen molar-refractivity contribution >= 4 is 22.3 Å². The number of ether oxygens (including phenoxy) is 2. The summed E-state index contributed by atoms with van der Waals surface area (Å²) in [4.78, 5) is 3.84. The van der Waals surface area contributed by atoms with E-state index in [1.54, 1.807) is 6.07 Å². The van der Waals surface area contributed by atoms with Gasteiger partial charge in [0.15, 0.2) is 17.3 Å². The van der Waals surface area contributed by atoms with Crippen molar-refractivity contribution in [2.24, 2.45) is 0 Å². The molecule has 14 heteroatoms. The van der Waals surface area contributed by atoms with E-state index in [0.717, 1.165) is 16.1 Å². The number of hydrogen-bond donors (Lipinski definition) is 0. The van der Waals surface area contributed by atoms with E-state index in [1.165, 1.54) is 13.8 Å². The Kier molecular flexibility index (Phi) is 3.98. The average molecular weight is 432 g/mol. The summed E-state index contributed by atoms with van der Waals surface area (Å²) in [5, 5.41) is 12.9. The number of rotatable bonds is 3. The molecule has 3 aromatic rings. The van der Waals surface area contributed by atoms with Crippen LogP contribution in [0.4, 0.5) is 17.6 Å². The molecule has 1 aliphatic rings. The number of hydrogen-bond acceptors (Lipinski definition) is 8. The highest BCUT2D eigenvalue weighted by atomic mass is 32.2. The van der Waals surface area contributed by atoms with Crippen molar-refractivity contribution < 1.29 is 40.0 Å². The van der Waals surface area contributed by atoms with E-state index in [2.05, 4.69) is 19.6 Å². The summed E-state index contributed by atoms with van der Waals surface area (Å²) in [5.74, 6) is -1.67. The highest BCUT2D eigenvalue weighted by Crippen LogP contribution is 2.48. The molecule has 1 aliphatic heterocycles. The normalized spacial score (nSPS) is 17.7. The maximum absolute atomic E-state index is 13.5. The minimum Gasteiger partial charge on any atom is -0.421 e. The van der Waals surface area contributed by atoms with Gasteiger partial charge in [0, 0.05) is 19.1 Å².